The molecule has 1 N–H and O–H groups in total. The van der Waals surface area contributed by atoms with Gasteiger partial charge in [0.1, 0.15) is 0 Å². The number of hydrogen-bond donors (Lipinski definition) is 1. The van der Waals surface area contributed by atoms with Crippen molar-refractivity contribution < 1.29 is 14.6 Å². The molecule has 0 amide bonds. The lowest BCUT2D eigenvalue weighted by molar-refractivity contribution is -0.143. The van der Waals surface area contributed by atoms with Gasteiger partial charge in [0.05, 0.1) is 19.3 Å². The van der Waals surface area contributed by atoms with Crippen molar-refractivity contribution in [3.63, 3.8) is 0 Å². The first-order valence-corrected chi connectivity index (χ1v) is 7.16. The van der Waals surface area contributed by atoms with Crippen LogP contribution in [-0.4, -0.2) is 47.8 Å². The molecule has 18 heavy (non-hydrogen) atoms. The largest absolute Gasteiger partial charge is 0.468 e. The Bertz CT molecular complexity index is 281. The lowest BCUT2D eigenvalue weighted by Gasteiger charge is -2.34. The van der Waals surface area contributed by atoms with Crippen LogP contribution in [0.25, 0.3) is 0 Å². The van der Waals surface area contributed by atoms with Crippen molar-refractivity contribution >= 4 is 5.97 Å². The SMILES string of the molecule is COC(=O)CN(CC1(O)CCCC1)C1CCCC1. The van der Waals surface area contributed by atoms with Gasteiger partial charge in [0.25, 0.3) is 0 Å². The number of esters is 1. The minimum Gasteiger partial charge on any atom is -0.468 e. The first kappa shape index (κ1) is 13.8. The van der Waals surface area contributed by atoms with E-state index in [2.05, 4.69) is 4.90 Å². The van der Waals surface area contributed by atoms with Crippen LogP contribution in [0.2, 0.25) is 0 Å². The predicted octanol–water partition coefficient (Wildman–Crippen LogP) is 1.71. The second-order valence-electron chi connectivity index (χ2n) is 5.85. The molecule has 2 aliphatic rings. The molecule has 2 fully saturated rings. The van der Waals surface area contributed by atoms with Gasteiger partial charge >= 0.3 is 5.97 Å². The average molecular weight is 255 g/mol. The maximum atomic E-state index is 11.5. The molecule has 2 saturated carbocycles. The summed E-state index contributed by atoms with van der Waals surface area (Å²) in [5, 5.41) is 10.5. The molecule has 0 unspecified atom stereocenters. The molecule has 0 aliphatic heterocycles. The van der Waals surface area contributed by atoms with Crippen molar-refractivity contribution in [2.24, 2.45) is 0 Å². The summed E-state index contributed by atoms with van der Waals surface area (Å²) >= 11 is 0. The molecular weight excluding hydrogens is 230 g/mol. The zero-order valence-electron chi connectivity index (χ0n) is 11.4. The normalized spacial score (nSPS) is 23.7. The summed E-state index contributed by atoms with van der Waals surface area (Å²) in [5.74, 6) is -0.191. The van der Waals surface area contributed by atoms with E-state index in [9.17, 15) is 9.90 Å². The first-order valence-electron chi connectivity index (χ1n) is 7.16. The third-order valence-electron chi connectivity index (χ3n) is 4.43. The Morgan fingerprint density at radius 1 is 1.28 bits per heavy atom. The molecule has 0 aromatic rings. The first-order chi connectivity index (χ1) is 8.63. The fourth-order valence-electron chi connectivity index (χ4n) is 3.38. The fourth-order valence-corrected chi connectivity index (χ4v) is 3.38. The summed E-state index contributed by atoms with van der Waals surface area (Å²) in [4.78, 5) is 13.7. The van der Waals surface area contributed by atoms with E-state index >= 15 is 0 Å². The van der Waals surface area contributed by atoms with E-state index in [1.807, 2.05) is 0 Å². The van der Waals surface area contributed by atoms with Gasteiger partial charge in [-0.1, -0.05) is 25.7 Å². The van der Waals surface area contributed by atoms with Crippen molar-refractivity contribution in [3.8, 4) is 0 Å². The molecule has 0 aromatic carbocycles. The van der Waals surface area contributed by atoms with E-state index in [0.29, 0.717) is 19.1 Å². The van der Waals surface area contributed by atoms with E-state index in [1.54, 1.807) is 0 Å². The van der Waals surface area contributed by atoms with Crippen molar-refractivity contribution in [3.05, 3.63) is 0 Å². The molecule has 0 aromatic heterocycles. The Morgan fingerprint density at radius 3 is 2.44 bits per heavy atom. The van der Waals surface area contributed by atoms with Crippen LogP contribution < -0.4 is 0 Å². The van der Waals surface area contributed by atoms with Crippen LogP contribution >= 0.6 is 0 Å². The predicted molar refractivity (Wildman–Crippen MR) is 69.3 cm³/mol. The monoisotopic (exact) mass is 255 g/mol. The maximum Gasteiger partial charge on any atom is 0.319 e. The van der Waals surface area contributed by atoms with Crippen molar-refractivity contribution in [1.82, 2.24) is 4.90 Å². The molecule has 0 spiro atoms. The van der Waals surface area contributed by atoms with Crippen LogP contribution in [0, 0.1) is 0 Å². The molecule has 0 saturated heterocycles. The van der Waals surface area contributed by atoms with Crippen molar-refractivity contribution in [2.45, 2.75) is 63.0 Å². The molecule has 2 aliphatic carbocycles. The van der Waals surface area contributed by atoms with Crippen molar-refractivity contribution in [1.29, 1.82) is 0 Å². The van der Waals surface area contributed by atoms with Gasteiger partial charge in [-0.05, 0) is 25.7 Å². The Labute approximate surface area is 109 Å². The molecule has 0 heterocycles. The van der Waals surface area contributed by atoms with Crippen molar-refractivity contribution in [2.75, 3.05) is 20.2 Å². The smallest absolute Gasteiger partial charge is 0.319 e. The van der Waals surface area contributed by atoms with E-state index < -0.39 is 5.60 Å². The van der Waals surface area contributed by atoms with E-state index in [0.717, 1.165) is 38.5 Å². The number of rotatable bonds is 5. The topological polar surface area (TPSA) is 49.8 Å². The highest BCUT2D eigenvalue weighted by atomic mass is 16.5. The van der Waals surface area contributed by atoms with E-state index in [-0.39, 0.29) is 5.97 Å². The van der Waals surface area contributed by atoms with Gasteiger partial charge < -0.3 is 9.84 Å². The minimum absolute atomic E-state index is 0.191. The number of aliphatic hydroxyl groups is 1. The lowest BCUT2D eigenvalue weighted by atomic mass is 10.0. The van der Waals surface area contributed by atoms with Gasteiger partial charge in [0.2, 0.25) is 0 Å². The summed E-state index contributed by atoms with van der Waals surface area (Å²) < 4.78 is 4.78. The highest BCUT2D eigenvalue weighted by Crippen LogP contribution is 2.32. The number of hydrogen-bond acceptors (Lipinski definition) is 4. The summed E-state index contributed by atoms with van der Waals surface area (Å²) in [6.45, 7) is 0.955. The summed E-state index contributed by atoms with van der Waals surface area (Å²) in [7, 11) is 1.43. The Balaban J connectivity index is 1.96. The Kier molecular flexibility index (Phi) is 4.62. The van der Waals surface area contributed by atoms with Crippen LogP contribution in [0.3, 0.4) is 0 Å². The Hall–Kier alpha value is -0.610. The molecule has 0 radical (unpaired) electrons. The molecular formula is C14H25NO3. The van der Waals surface area contributed by atoms with Crippen LogP contribution in [-0.2, 0) is 9.53 Å². The zero-order chi connectivity index (χ0) is 13.0. The van der Waals surface area contributed by atoms with Gasteiger partial charge in [-0.25, -0.2) is 0 Å². The minimum atomic E-state index is -0.573. The highest BCUT2D eigenvalue weighted by Gasteiger charge is 2.36. The zero-order valence-corrected chi connectivity index (χ0v) is 11.4. The number of carbonyl (C=O) groups excluding carboxylic acids is 1. The second kappa shape index (κ2) is 6.02. The van der Waals surface area contributed by atoms with Crippen LogP contribution in [0.4, 0.5) is 0 Å². The number of carbonyl (C=O) groups is 1. The number of methoxy groups -OCH3 is 1. The molecule has 0 atom stereocenters. The van der Waals surface area contributed by atoms with E-state index in [4.69, 9.17) is 4.74 Å². The maximum absolute atomic E-state index is 11.5. The third-order valence-corrected chi connectivity index (χ3v) is 4.43. The second-order valence-corrected chi connectivity index (χ2v) is 5.85. The van der Waals surface area contributed by atoms with E-state index in [1.165, 1.54) is 20.0 Å². The quantitative estimate of drug-likeness (QED) is 0.760. The summed E-state index contributed by atoms with van der Waals surface area (Å²) in [5.41, 5.74) is -0.573. The fraction of sp³-hybridized carbons (Fsp3) is 0.929. The molecule has 0 bridgehead atoms. The Morgan fingerprint density at radius 2 is 1.89 bits per heavy atom. The lowest BCUT2D eigenvalue weighted by Crippen LogP contribution is -2.47. The molecule has 2 rings (SSSR count). The van der Waals surface area contributed by atoms with Crippen LogP contribution in [0.5, 0.6) is 0 Å². The highest BCUT2D eigenvalue weighted by molar-refractivity contribution is 5.71. The van der Waals surface area contributed by atoms with Crippen LogP contribution in [0.1, 0.15) is 51.4 Å². The standard InChI is InChI=1S/C14H25NO3/c1-18-13(16)10-15(12-6-2-3-7-12)11-14(17)8-4-5-9-14/h12,17H,2-11H2,1H3. The molecule has 4 heteroatoms. The van der Waals surface area contributed by atoms with Gasteiger partial charge in [-0.2, -0.15) is 0 Å². The van der Waals surface area contributed by atoms with Gasteiger partial charge in [0.15, 0.2) is 0 Å². The number of ether oxygens (including phenoxy) is 1. The molecule has 4 nitrogen and oxygen atoms in total. The average Bonchev–Trinajstić information content (AvgIpc) is 2.99. The van der Waals surface area contributed by atoms with Gasteiger partial charge in [0, 0.05) is 12.6 Å². The third kappa shape index (κ3) is 3.45. The van der Waals surface area contributed by atoms with Crippen LogP contribution in [0.15, 0.2) is 0 Å². The summed E-state index contributed by atoms with van der Waals surface area (Å²) in [6.07, 6.45) is 8.72. The van der Waals surface area contributed by atoms with Gasteiger partial charge in [-0.3, -0.25) is 9.69 Å². The summed E-state index contributed by atoms with van der Waals surface area (Å²) in [6, 6.07) is 0.453. The number of nitrogens with zero attached hydrogens (tertiary/aromatic N) is 1. The molecule has 104 valence electrons. The van der Waals surface area contributed by atoms with Gasteiger partial charge in [-0.15, -0.1) is 0 Å².